The highest BCUT2D eigenvalue weighted by Crippen LogP contribution is 2.40. The van der Waals surface area contributed by atoms with E-state index < -0.39 is 10.8 Å². The first kappa shape index (κ1) is 13.7. The van der Waals surface area contributed by atoms with Crippen molar-refractivity contribution in [1.82, 2.24) is 0 Å². The smallest absolute Gasteiger partial charge is 0.0617 e. The minimum Gasteiger partial charge on any atom is -0.398 e. The third-order valence-corrected chi connectivity index (χ3v) is 6.38. The van der Waals surface area contributed by atoms with Gasteiger partial charge in [0.05, 0.1) is 15.7 Å². The van der Waals surface area contributed by atoms with Gasteiger partial charge in [-0.05, 0) is 36.2 Å². The predicted molar refractivity (Wildman–Crippen MR) is 86.8 cm³/mol. The third kappa shape index (κ3) is 2.63. The molecule has 2 aromatic rings. The molecule has 1 heterocycles. The zero-order chi connectivity index (χ0) is 14.1. The Labute approximate surface area is 126 Å². The highest BCUT2D eigenvalue weighted by molar-refractivity contribution is 7.99. The summed E-state index contributed by atoms with van der Waals surface area (Å²) in [6, 6.07) is 14.2. The van der Waals surface area contributed by atoms with Crippen LogP contribution in [0.3, 0.4) is 0 Å². The van der Waals surface area contributed by atoms with Gasteiger partial charge in [-0.1, -0.05) is 24.3 Å². The van der Waals surface area contributed by atoms with Crippen LogP contribution in [0.5, 0.6) is 0 Å². The summed E-state index contributed by atoms with van der Waals surface area (Å²) < 4.78 is 12.6. The van der Waals surface area contributed by atoms with Crippen molar-refractivity contribution in [1.29, 1.82) is 0 Å². The molecule has 3 rings (SSSR count). The number of nitrogens with two attached hydrogens (primary N) is 1. The molecular weight excluding hydrogens is 286 g/mol. The summed E-state index contributed by atoms with van der Waals surface area (Å²) in [6.07, 6.45) is 0. The Kier molecular flexibility index (Phi) is 3.85. The van der Waals surface area contributed by atoms with Crippen LogP contribution in [0.2, 0.25) is 0 Å². The molecule has 0 amide bonds. The van der Waals surface area contributed by atoms with Gasteiger partial charge < -0.3 is 5.73 Å². The summed E-state index contributed by atoms with van der Waals surface area (Å²) in [7, 11) is -1.04. The maximum absolute atomic E-state index is 12.6. The lowest BCUT2D eigenvalue weighted by atomic mass is 10.0. The van der Waals surface area contributed by atoms with Crippen LogP contribution in [0.15, 0.2) is 52.3 Å². The molecule has 0 radical (unpaired) electrons. The Hall–Kier alpha value is -1.26. The molecule has 4 heteroatoms. The van der Waals surface area contributed by atoms with Crippen molar-refractivity contribution in [3.8, 4) is 0 Å². The molecule has 1 aliphatic rings. The highest BCUT2D eigenvalue weighted by Gasteiger charge is 2.25. The summed E-state index contributed by atoms with van der Waals surface area (Å²) in [5.74, 6) is 2.02. The van der Waals surface area contributed by atoms with E-state index in [1.54, 1.807) is 0 Å². The normalized spacial score (nSPS) is 18.8. The lowest BCUT2D eigenvalue weighted by Gasteiger charge is -2.12. The Balaban J connectivity index is 1.81. The minimum absolute atomic E-state index is 0.359. The van der Waals surface area contributed by atoms with Gasteiger partial charge in [0.2, 0.25) is 0 Å². The summed E-state index contributed by atoms with van der Waals surface area (Å²) in [5.41, 5.74) is 9.07. The summed E-state index contributed by atoms with van der Waals surface area (Å²) in [6.45, 7) is 1.99. The number of nitrogen functional groups attached to an aromatic ring is 1. The number of anilines is 1. The van der Waals surface area contributed by atoms with Crippen LogP contribution >= 0.6 is 11.8 Å². The van der Waals surface area contributed by atoms with Crippen LogP contribution < -0.4 is 5.73 Å². The lowest BCUT2D eigenvalue weighted by molar-refractivity contribution is 0.678. The number of rotatable bonds is 3. The molecule has 0 aliphatic carbocycles. The van der Waals surface area contributed by atoms with Gasteiger partial charge in [-0.15, -0.1) is 11.8 Å². The fourth-order valence-corrected chi connectivity index (χ4v) is 5.30. The average Bonchev–Trinajstić information content (AvgIpc) is 2.82. The molecule has 0 spiro atoms. The van der Waals surface area contributed by atoms with Gasteiger partial charge in [0.15, 0.2) is 0 Å². The fraction of sp³-hybridized carbons (Fsp3) is 0.250. The van der Waals surface area contributed by atoms with Crippen LogP contribution in [0.1, 0.15) is 17.0 Å². The monoisotopic (exact) mass is 303 g/mol. The van der Waals surface area contributed by atoms with Gasteiger partial charge in [0.1, 0.15) is 0 Å². The number of hydrogen-bond acceptors (Lipinski definition) is 3. The topological polar surface area (TPSA) is 43.1 Å². The lowest BCUT2D eigenvalue weighted by Crippen LogP contribution is -2.10. The maximum atomic E-state index is 12.6. The van der Waals surface area contributed by atoms with Gasteiger partial charge in [0.25, 0.3) is 0 Å². The Morgan fingerprint density at radius 3 is 2.90 bits per heavy atom. The second-order valence-electron chi connectivity index (χ2n) is 5.10. The fourth-order valence-electron chi connectivity index (χ4n) is 2.52. The summed E-state index contributed by atoms with van der Waals surface area (Å²) in [4.78, 5) is 2.09. The second-order valence-corrected chi connectivity index (χ2v) is 7.63. The molecular formula is C16H17NOS2. The Bertz CT molecular complexity index is 669. The largest absolute Gasteiger partial charge is 0.398 e. The van der Waals surface area contributed by atoms with E-state index in [1.807, 2.05) is 36.9 Å². The molecule has 0 saturated carbocycles. The predicted octanol–water partition coefficient (Wildman–Crippen LogP) is 3.57. The van der Waals surface area contributed by atoms with Gasteiger partial charge in [-0.25, -0.2) is 0 Å². The molecule has 2 unspecified atom stereocenters. The van der Waals surface area contributed by atoms with Crippen LogP contribution in [-0.2, 0) is 10.8 Å². The number of thioether (sulfide) groups is 1. The molecule has 20 heavy (non-hydrogen) atoms. The van der Waals surface area contributed by atoms with Gasteiger partial charge in [-0.3, -0.25) is 4.21 Å². The highest BCUT2D eigenvalue weighted by atomic mass is 32.2. The molecule has 0 fully saturated rings. The SMILES string of the molecule is Cc1ccc(S(=O)CC2CSc3ccccc32)c(N)c1. The van der Waals surface area contributed by atoms with Crippen LogP contribution in [0, 0.1) is 6.92 Å². The summed E-state index contributed by atoms with van der Waals surface area (Å²) >= 11 is 1.85. The van der Waals surface area contributed by atoms with E-state index in [1.165, 1.54) is 10.5 Å². The summed E-state index contributed by atoms with van der Waals surface area (Å²) in [5, 5.41) is 0. The number of benzene rings is 2. The van der Waals surface area contributed by atoms with Crippen LogP contribution in [0.25, 0.3) is 0 Å². The number of fused-ring (bicyclic) bond motifs is 1. The van der Waals surface area contributed by atoms with Crippen molar-refractivity contribution in [2.75, 3.05) is 17.2 Å². The van der Waals surface area contributed by atoms with E-state index in [-0.39, 0.29) is 0 Å². The molecule has 2 aromatic carbocycles. The molecule has 0 aromatic heterocycles. The Morgan fingerprint density at radius 1 is 1.30 bits per heavy atom. The van der Waals surface area contributed by atoms with Gasteiger partial charge >= 0.3 is 0 Å². The van der Waals surface area contributed by atoms with Gasteiger partial charge in [0, 0.05) is 28.0 Å². The first-order valence-corrected chi connectivity index (χ1v) is 8.92. The number of hydrogen-bond donors (Lipinski definition) is 1. The zero-order valence-corrected chi connectivity index (χ0v) is 13.0. The molecule has 0 bridgehead atoms. The van der Waals surface area contributed by atoms with Crippen molar-refractivity contribution >= 4 is 28.2 Å². The first-order valence-electron chi connectivity index (χ1n) is 6.61. The van der Waals surface area contributed by atoms with Crippen molar-refractivity contribution in [3.63, 3.8) is 0 Å². The first-order chi connectivity index (χ1) is 9.65. The molecule has 104 valence electrons. The van der Waals surface area contributed by atoms with Crippen molar-refractivity contribution in [2.24, 2.45) is 0 Å². The molecule has 1 aliphatic heterocycles. The molecule has 2 N–H and O–H groups in total. The van der Waals surface area contributed by atoms with Crippen molar-refractivity contribution < 1.29 is 4.21 Å². The van der Waals surface area contributed by atoms with E-state index in [0.717, 1.165) is 16.2 Å². The van der Waals surface area contributed by atoms with Crippen LogP contribution in [0.4, 0.5) is 5.69 Å². The molecule has 0 saturated heterocycles. The van der Waals surface area contributed by atoms with E-state index in [0.29, 0.717) is 17.4 Å². The van der Waals surface area contributed by atoms with E-state index in [9.17, 15) is 4.21 Å². The van der Waals surface area contributed by atoms with Gasteiger partial charge in [-0.2, -0.15) is 0 Å². The van der Waals surface area contributed by atoms with Crippen LogP contribution in [-0.4, -0.2) is 15.7 Å². The quantitative estimate of drug-likeness (QED) is 0.881. The molecule has 2 atom stereocenters. The van der Waals surface area contributed by atoms with E-state index >= 15 is 0 Å². The third-order valence-electron chi connectivity index (χ3n) is 3.56. The van der Waals surface area contributed by atoms with Crippen molar-refractivity contribution in [3.05, 3.63) is 53.6 Å². The average molecular weight is 303 g/mol. The number of aryl methyl sites for hydroxylation is 1. The minimum atomic E-state index is -1.04. The second kappa shape index (κ2) is 5.62. The Morgan fingerprint density at radius 2 is 2.10 bits per heavy atom. The van der Waals surface area contributed by atoms with Crippen molar-refractivity contribution in [2.45, 2.75) is 22.6 Å². The maximum Gasteiger partial charge on any atom is 0.0617 e. The van der Waals surface area contributed by atoms with E-state index in [4.69, 9.17) is 5.73 Å². The molecule has 2 nitrogen and oxygen atoms in total. The van der Waals surface area contributed by atoms with E-state index in [2.05, 4.69) is 24.3 Å². The standard InChI is InChI=1S/C16H17NOS2/c1-11-6-7-16(14(17)8-11)20(18)10-12-9-19-15-5-3-2-4-13(12)15/h2-8,12H,9-10,17H2,1H3. The zero-order valence-electron chi connectivity index (χ0n) is 11.3.